The van der Waals surface area contributed by atoms with Gasteiger partial charge >= 0.3 is 0 Å². The number of hydrogen-bond donors (Lipinski definition) is 1. The van der Waals surface area contributed by atoms with E-state index in [1.165, 1.54) is 19.1 Å². The van der Waals surface area contributed by atoms with E-state index in [4.69, 9.17) is 0 Å². The number of carbonyl (C=O) groups excluding carboxylic acids is 2. The van der Waals surface area contributed by atoms with Crippen LogP contribution in [0.15, 0.2) is 42.7 Å². The molecule has 0 bridgehead atoms. The van der Waals surface area contributed by atoms with Gasteiger partial charge < -0.3 is 15.1 Å². The zero-order valence-corrected chi connectivity index (χ0v) is 14.6. The summed E-state index contributed by atoms with van der Waals surface area (Å²) < 4.78 is 12.9. The number of rotatable bonds is 4. The van der Waals surface area contributed by atoms with Gasteiger partial charge in [-0.25, -0.2) is 4.39 Å². The first-order chi connectivity index (χ1) is 12.5. The maximum Gasteiger partial charge on any atom is 0.255 e. The largest absolute Gasteiger partial charge is 0.380 e. The molecule has 1 aromatic carbocycles. The van der Waals surface area contributed by atoms with Gasteiger partial charge in [0.25, 0.3) is 5.91 Å². The second kappa shape index (κ2) is 7.95. The van der Waals surface area contributed by atoms with E-state index in [1.807, 2.05) is 0 Å². The van der Waals surface area contributed by atoms with Gasteiger partial charge in [0.15, 0.2) is 0 Å². The molecule has 1 aromatic heterocycles. The maximum absolute atomic E-state index is 12.9. The van der Waals surface area contributed by atoms with E-state index in [9.17, 15) is 14.0 Å². The Morgan fingerprint density at radius 3 is 2.38 bits per heavy atom. The lowest BCUT2D eigenvalue weighted by Crippen LogP contribution is -2.50. The highest BCUT2D eigenvalue weighted by Crippen LogP contribution is 2.14. The van der Waals surface area contributed by atoms with Crippen LogP contribution in [0.5, 0.6) is 0 Å². The number of aromatic nitrogens is 1. The topological polar surface area (TPSA) is 65.5 Å². The van der Waals surface area contributed by atoms with E-state index in [-0.39, 0.29) is 17.6 Å². The number of nitrogens with one attached hydrogen (secondary N) is 1. The molecule has 1 aliphatic heterocycles. The molecule has 1 fully saturated rings. The van der Waals surface area contributed by atoms with Gasteiger partial charge in [0.1, 0.15) is 5.82 Å². The first kappa shape index (κ1) is 17.8. The molecule has 0 unspecified atom stereocenters. The first-order valence-corrected chi connectivity index (χ1v) is 8.51. The van der Waals surface area contributed by atoms with Crippen molar-refractivity contribution in [3.05, 3.63) is 59.7 Å². The van der Waals surface area contributed by atoms with Crippen LogP contribution in [0, 0.1) is 5.82 Å². The van der Waals surface area contributed by atoms with Crippen LogP contribution in [-0.4, -0.2) is 52.8 Å². The van der Waals surface area contributed by atoms with Crippen molar-refractivity contribution in [1.82, 2.24) is 14.8 Å². The Hall–Kier alpha value is -2.96. The van der Waals surface area contributed by atoms with Crippen molar-refractivity contribution in [2.24, 2.45) is 0 Å². The summed E-state index contributed by atoms with van der Waals surface area (Å²) in [6.45, 7) is 4.19. The lowest BCUT2D eigenvalue weighted by molar-refractivity contribution is -0.130. The summed E-state index contributed by atoms with van der Waals surface area (Å²) >= 11 is 0. The van der Waals surface area contributed by atoms with Crippen molar-refractivity contribution in [1.29, 1.82) is 0 Å². The fourth-order valence-electron chi connectivity index (χ4n) is 2.87. The lowest BCUT2D eigenvalue weighted by Gasteiger charge is -2.34. The normalized spacial score (nSPS) is 14.2. The molecule has 0 aliphatic carbocycles. The molecule has 3 rings (SSSR count). The van der Waals surface area contributed by atoms with Crippen LogP contribution in [0.2, 0.25) is 0 Å². The van der Waals surface area contributed by atoms with Crippen molar-refractivity contribution in [3.8, 4) is 0 Å². The summed E-state index contributed by atoms with van der Waals surface area (Å²) in [5.41, 5.74) is 2.16. The third kappa shape index (κ3) is 4.36. The Morgan fingerprint density at radius 2 is 1.73 bits per heavy atom. The molecule has 0 saturated carbocycles. The monoisotopic (exact) mass is 356 g/mol. The molecule has 7 heteroatoms. The van der Waals surface area contributed by atoms with E-state index >= 15 is 0 Å². The molecule has 136 valence electrons. The summed E-state index contributed by atoms with van der Waals surface area (Å²) in [4.78, 5) is 31.6. The second-order valence-electron chi connectivity index (χ2n) is 6.24. The van der Waals surface area contributed by atoms with Crippen LogP contribution in [0.1, 0.15) is 22.8 Å². The van der Waals surface area contributed by atoms with Gasteiger partial charge in [-0.1, -0.05) is 12.1 Å². The maximum atomic E-state index is 12.9. The number of piperazine rings is 1. The molecule has 1 aliphatic rings. The number of benzene rings is 1. The minimum Gasteiger partial charge on any atom is -0.380 e. The minimum atomic E-state index is -0.270. The zero-order valence-electron chi connectivity index (χ0n) is 14.6. The van der Waals surface area contributed by atoms with Gasteiger partial charge in [-0.05, 0) is 23.8 Å². The van der Waals surface area contributed by atoms with E-state index in [0.29, 0.717) is 38.3 Å². The SMILES string of the molecule is CC(=O)N1CCN(C(=O)c2cncc(NCc3ccc(F)cc3)c2)CC1. The van der Waals surface area contributed by atoms with Crippen molar-refractivity contribution < 1.29 is 14.0 Å². The first-order valence-electron chi connectivity index (χ1n) is 8.51. The van der Waals surface area contributed by atoms with Crippen molar-refractivity contribution >= 4 is 17.5 Å². The Balaban J connectivity index is 1.60. The number of amides is 2. The Kier molecular flexibility index (Phi) is 5.46. The van der Waals surface area contributed by atoms with E-state index in [0.717, 1.165) is 11.3 Å². The van der Waals surface area contributed by atoms with Crippen molar-refractivity contribution in [2.45, 2.75) is 13.5 Å². The quantitative estimate of drug-likeness (QED) is 0.912. The molecule has 2 heterocycles. The van der Waals surface area contributed by atoms with Crippen LogP contribution >= 0.6 is 0 Å². The standard InChI is InChI=1S/C19H21FN4O2/c1-14(25)23-6-8-24(9-7-23)19(26)16-10-18(13-21-12-16)22-11-15-2-4-17(20)5-3-15/h2-5,10,12-13,22H,6-9,11H2,1H3. The van der Waals surface area contributed by atoms with Crippen LogP contribution in [0.3, 0.4) is 0 Å². The molecule has 1 N–H and O–H groups in total. The van der Waals surface area contributed by atoms with Gasteiger partial charge in [0.05, 0.1) is 11.3 Å². The van der Waals surface area contributed by atoms with Crippen LogP contribution in [0.25, 0.3) is 0 Å². The van der Waals surface area contributed by atoms with Crippen LogP contribution in [-0.2, 0) is 11.3 Å². The number of pyridine rings is 1. The van der Waals surface area contributed by atoms with E-state index < -0.39 is 0 Å². The lowest BCUT2D eigenvalue weighted by atomic mass is 10.2. The van der Waals surface area contributed by atoms with Crippen LogP contribution in [0.4, 0.5) is 10.1 Å². The summed E-state index contributed by atoms with van der Waals surface area (Å²) in [5.74, 6) is -0.329. The Bertz CT molecular complexity index is 786. The average Bonchev–Trinajstić information content (AvgIpc) is 2.67. The number of anilines is 1. The predicted molar refractivity (Wildman–Crippen MR) is 96.1 cm³/mol. The number of nitrogens with zero attached hydrogens (tertiary/aromatic N) is 3. The molecule has 2 amide bonds. The fourth-order valence-corrected chi connectivity index (χ4v) is 2.87. The summed E-state index contributed by atoms with van der Waals surface area (Å²) in [7, 11) is 0. The number of carbonyl (C=O) groups is 2. The average molecular weight is 356 g/mol. The van der Waals surface area contributed by atoms with Gasteiger partial charge in [-0.2, -0.15) is 0 Å². The molecule has 0 atom stereocenters. The highest BCUT2D eigenvalue weighted by atomic mass is 19.1. The van der Waals surface area contributed by atoms with E-state index in [2.05, 4.69) is 10.3 Å². The predicted octanol–water partition coefficient (Wildman–Crippen LogP) is 2.14. The Morgan fingerprint density at radius 1 is 1.08 bits per heavy atom. The molecule has 0 spiro atoms. The molecule has 2 aromatic rings. The second-order valence-corrected chi connectivity index (χ2v) is 6.24. The van der Waals surface area contributed by atoms with Crippen molar-refractivity contribution in [2.75, 3.05) is 31.5 Å². The smallest absolute Gasteiger partial charge is 0.255 e. The van der Waals surface area contributed by atoms with Gasteiger partial charge in [-0.15, -0.1) is 0 Å². The van der Waals surface area contributed by atoms with Gasteiger partial charge in [0.2, 0.25) is 5.91 Å². The van der Waals surface area contributed by atoms with Gasteiger partial charge in [0, 0.05) is 52.0 Å². The zero-order chi connectivity index (χ0) is 18.5. The summed E-state index contributed by atoms with van der Waals surface area (Å²) in [5, 5.41) is 3.19. The number of hydrogen-bond acceptors (Lipinski definition) is 4. The Labute approximate surface area is 151 Å². The number of halogens is 1. The fraction of sp³-hybridized carbons (Fsp3) is 0.316. The molecule has 1 saturated heterocycles. The minimum absolute atomic E-state index is 0.0331. The van der Waals surface area contributed by atoms with E-state index in [1.54, 1.807) is 40.4 Å². The highest BCUT2D eigenvalue weighted by molar-refractivity contribution is 5.95. The molecule has 6 nitrogen and oxygen atoms in total. The molecule has 26 heavy (non-hydrogen) atoms. The highest BCUT2D eigenvalue weighted by Gasteiger charge is 2.23. The van der Waals surface area contributed by atoms with Crippen molar-refractivity contribution in [3.63, 3.8) is 0 Å². The third-order valence-electron chi connectivity index (χ3n) is 4.41. The van der Waals surface area contributed by atoms with Gasteiger partial charge in [-0.3, -0.25) is 14.6 Å². The van der Waals surface area contributed by atoms with Crippen LogP contribution < -0.4 is 5.32 Å². The third-order valence-corrected chi connectivity index (χ3v) is 4.41. The molecular weight excluding hydrogens is 335 g/mol. The molecule has 0 radical (unpaired) electrons. The summed E-state index contributed by atoms with van der Waals surface area (Å²) in [6, 6.07) is 8.00. The molecular formula is C19H21FN4O2. The summed E-state index contributed by atoms with van der Waals surface area (Å²) in [6.07, 6.45) is 3.19.